The van der Waals surface area contributed by atoms with Gasteiger partial charge in [0.2, 0.25) is 23.5 Å². The van der Waals surface area contributed by atoms with Crippen LogP contribution in [-0.4, -0.2) is 105 Å². The number of nitrogens with zero attached hydrogens (tertiary/aromatic N) is 8. The SMILES string of the molecule is CC(C1CCN(c2cccc3c(C4CCC(=O)NC4=O)nn(C)c23)CC1)N1CCN(c2ncc(Cl)c(Nc3ccc4c(c3)c3c(c(=O)n4C)OCC(F)(F)[C@H](C4CC4)N3)n2)CC1. The van der Waals surface area contributed by atoms with Crippen molar-refractivity contribution >= 4 is 74.0 Å². The number of para-hydroxylation sites is 1. The Morgan fingerprint density at radius 3 is 2.47 bits per heavy atom. The highest BCUT2D eigenvalue weighted by atomic mass is 35.5. The molecule has 2 unspecified atom stereocenters. The molecule has 4 fully saturated rings. The molecule has 4 aliphatic heterocycles. The second kappa shape index (κ2) is 15.7. The van der Waals surface area contributed by atoms with E-state index in [1.807, 2.05) is 23.9 Å². The van der Waals surface area contributed by atoms with Crippen molar-refractivity contribution in [2.45, 2.75) is 69.4 Å². The molecule has 18 heteroatoms. The van der Waals surface area contributed by atoms with Gasteiger partial charge >= 0.3 is 5.92 Å². The topological polar surface area (TPSA) is 155 Å². The van der Waals surface area contributed by atoms with Crippen LogP contribution < -0.4 is 36.0 Å². The van der Waals surface area contributed by atoms with Gasteiger partial charge in [0.25, 0.3) is 5.56 Å². The Morgan fingerprint density at radius 2 is 1.73 bits per heavy atom. The van der Waals surface area contributed by atoms with E-state index >= 15 is 8.78 Å². The van der Waals surface area contributed by atoms with E-state index in [-0.39, 0.29) is 29.2 Å². The van der Waals surface area contributed by atoms with Crippen LogP contribution in [0.4, 0.5) is 37.6 Å². The standard InChI is InChI=1S/C44H50ClF2N11O4/c1-24(25-13-15-57(16-14-25)33-6-4-5-28-35(53-55(3)37(28)33)29-10-12-34(59)50-41(29)60)56-17-19-58(20-18-56)43-48-22-31(45)40(52-43)49-27-9-11-32-30(21-27)36-38(42(61)54(32)2)62-23-44(46,47)39(51-36)26-7-8-26/h4-6,9,11,21-22,24-26,29,39,51H,7-8,10,12-20,23H2,1-3H3,(H,48,49,52)(H,50,59,60)/t24?,29?,39-/m0/s1. The first-order chi connectivity index (χ1) is 29.8. The molecule has 10 rings (SSSR count). The molecule has 5 aromatic rings. The molecule has 3 N–H and O–H groups in total. The number of pyridine rings is 1. The minimum Gasteiger partial charge on any atom is -0.480 e. The summed E-state index contributed by atoms with van der Waals surface area (Å²) in [7, 11) is 3.53. The molecule has 1 aliphatic carbocycles. The van der Waals surface area contributed by atoms with Gasteiger partial charge in [0.1, 0.15) is 5.02 Å². The summed E-state index contributed by atoms with van der Waals surface area (Å²) >= 11 is 6.65. The number of rotatable bonds is 8. The average Bonchev–Trinajstić information content (AvgIpc) is 4.07. The van der Waals surface area contributed by atoms with Gasteiger partial charge < -0.3 is 29.7 Å². The van der Waals surface area contributed by atoms with E-state index < -0.39 is 30.0 Å². The number of ether oxygens (including phenoxy) is 1. The lowest BCUT2D eigenvalue weighted by Crippen LogP contribution is -2.53. The predicted molar refractivity (Wildman–Crippen MR) is 234 cm³/mol. The van der Waals surface area contributed by atoms with Crippen LogP contribution in [0.25, 0.3) is 21.8 Å². The van der Waals surface area contributed by atoms with E-state index in [0.29, 0.717) is 71.0 Å². The van der Waals surface area contributed by atoms with E-state index in [0.717, 1.165) is 74.4 Å². The Morgan fingerprint density at radius 1 is 0.952 bits per heavy atom. The molecule has 15 nitrogen and oxygen atoms in total. The smallest absolute Gasteiger partial charge is 0.301 e. The van der Waals surface area contributed by atoms with Crippen molar-refractivity contribution in [2.24, 2.45) is 25.9 Å². The number of anilines is 5. The molecule has 0 radical (unpaired) electrons. The lowest BCUT2D eigenvalue weighted by atomic mass is 9.88. The lowest BCUT2D eigenvalue weighted by molar-refractivity contribution is -0.134. The van der Waals surface area contributed by atoms with Crippen molar-refractivity contribution in [3.05, 3.63) is 63.7 Å². The third-order valence-corrected chi connectivity index (χ3v) is 14.1. The molecule has 3 aromatic heterocycles. The van der Waals surface area contributed by atoms with Crippen molar-refractivity contribution in [3.8, 4) is 5.75 Å². The molecule has 1 saturated carbocycles. The van der Waals surface area contributed by atoms with Gasteiger partial charge in [-0.3, -0.25) is 29.3 Å². The molecule has 62 heavy (non-hydrogen) atoms. The van der Waals surface area contributed by atoms with E-state index in [2.05, 4.69) is 48.6 Å². The number of aromatic nitrogens is 5. The van der Waals surface area contributed by atoms with Gasteiger partial charge in [0.05, 0.1) is 46.3 Å². The van der Waals surface area contributed by atoms with E-state index in [1.165, 1.54) is 4.57 Å². The van der Waals surface area contributed by atoms with Gasteiger partial charge in [0.15, 0.2) is 12.4 Å². The monoisotopic (exact) mass is 869 g/mol. The Bertz CT molecular complexity index is 2650. The molecule has 3 saturated heterocycles. The fraction of sp³-hybridized carbons (Fsp3) is 0.500. The fourth-order valence-corrected chi connectivity index (χ4v) is 10.2. The third kappa shape index (κ3) is 7.25. The quantitative estimate of drug-likeness (QED) is 0.162. The van der Waals surface area contributed by atoms with Crippen LogP contribution in [0.2, 0.25) is 5.02 Å². The summed E-state index contributed by atoms with van der Waals surface area (Å²) in [5.74, 6) is -2.87. The van der Waals surface area contributed by atoms with Gasteiger partial charge in [-0.15, -0.1) is 0 Å². The maximum absolute atomic E-state index is 15.2. The third-order valence-electron chi connectivity index (χ3n) is 13.8. The van der Waals surface area contributed by atoms with Crippen LogP contribution in [0, 0.1) is 11.8 Å². The Labute approximate surface area is 361 Å². The first-order valence-corrected chi connectivity index (χ1v) is 22.0. The maximum Gasteiger partial charge on any atom is 0.301 e. The van der Waals surface area contributed by atoms with Crippen LogP contribution in [0.3, 0.4) is 0 Å². The van der Waals surface area contributed by atoms with Crippen LogP contribution in [0.15, 0.2) is 47.4 Å². The van der Waals surface area contributed by atoms with Gasteiger partial charge in [0, 0.05) is 82.3 Å². The first kappa shape index (κ1) is 40.5. The van der Waals surface area contributed by atoms with Crippen LogP contribution in [0.1, 0.15) is 57.1 Å². The number of aryl methyl sites for hydroxylation is 2. The average molecular weight is 870 g/mol. The molecule has 0 spiro atoms. The summed E-state index contributed by atoms with van der Waals surface area (Å²) in [6, 6.07) is 10.9. The maximum atomic E-state index is 15.2. The van der Waals surface area contributed by atoms with Crippen molar-refractivity contribution in [1.82, 2.24) is 34.5 Å². The minimum atomic E-state index is -3.13. The number of benzene rings is 2. The second-order valence-corrected chi connectivity index (χ2v) is 18.0. The highest BCUT2D eigenvalue weighted by molar-refractivity contribution is 6.33. The van der Waals surface area contributed by atoms with E-state index in [4.69, 9.17) is 26.4 Å². The summed E-state index contributed by atoms with van der Waals surface area (Å²) in [6.07, 6.45) is 5.87. The molecule has 5 aliphatic rings. The number of hydrogen-bond donors (Lipinski definition) is 3. The zero-order valence-electron chi connectivity index (χ0n) is 35.0. The van der Waals surface area contributed by atoms with Gasteiger partial charge in [-0.25, -0.2) is 13.8 Å². The first-order valence-electron chi connectivity index (χ1n) is 21.6. The number of nitrogens with one attached hydrogen (secondary N) is 3. The summed E-state index contributed by atoms with van der Waals surface area (Å²) in [4.78, 5) is 54.4. The molecular formula is C44H50ClF2N11O4. The Hall–Kier alpha value is -5.55. The molecule has 2 aromatic carbocycles. The summed E-state index contributed by atoms with van der Waals surface area (Å²) < 4.78 is 39.2. The van der Waals surface area contributed by atoms with E-state index in [9.17, 15) is 14.4 Å². The Balaban J connectivity index is 0.790. The van der Waals surface area contributed by atoms with Crippen molar-refractivity contribution in [1.29, 1.82) is 0 Å². The summed E-state index contributed by atoms with van der Waals surface area (Å²) in [6.45, 7) is 6.53. The Kier molecular flexibility index (Phi) is 10.2. The number of hydrogen-bond acceptors (Lipinski definition) is 12. The zero-order valence-corrected chi connectivity index (χ0v) is 35.7. The molecular weight excluding hydrogens is 820 g/mol. The minimum absolute atomic E-state index is 0.108. The molecule has 326 valence electrons. The molecule has 7 heterocycles. The predicted octanol–water partition coefficient (Wildman–Crippen LogP) is 5.78. The number of carbonyl (C=O) groups excluding carboxylic acids is 2. The molecule has 2 amide bonds. The highest BCUT2D eigenvalue weighted by Gasteiger charge is 2.51. The van der Waals surface area contributed by atoms with Crippen molar-refractivity contribution < 1.29 is 23.1 Å². The van der Waals surface area contributed by atoms with Crippen molar-refractivity contribution in [3.63, 3.8) is 0 Å². The molecule has 0 bridgehead atoms. The molecule has 3 atom stereocenters. The van der Waals surface area contributed by atoms with Gasteiger partial charge in [-0.2, -0.15) is 10.1 Å². The normalized spacial score (nSPS) is 22.8. The van der Waals surface area contributed by atoms with Gasteiger partial charge in [-0.05, 0) is 75.1 Å². The number of imide groups is 1. The van der Waals surface area contributed by atoms with Crippen LogP contribution >= 0.6 is 11.6 Å². The number of halogens is 3. The van der Waals surface area contributed by atoms with Crippen LogP contribution in [0.5, 0.6) is 5.75 Å². The fourth-order valence-electron chi connectivity index (χ4n) is 10.1. The van der Waals surface area contributed by atoms with Crippen molar-refractivity contribution in [2.75, 3.05) is 66.3 Å². The number of amides is 2. The van der Waals surface area contributed by atoms with Crippen LogP contribution in [-0.2, 0) is 23.7 Å². The van der Waals surface area contributed by atoms with E-state index in [1.54, 1.807) is 31.4 Å². The summed E-state index contributed by atoms with van der Waals surface area (Å²) in [5, 5.41) is 15.5. The second-order valence-electron chi connectivity index (χ2n) is 17.6. The largest absolute Gasteiger partial charge is 0.480 e. The highest BCUT2D eigenvalue weighted by Crippen LogP contribution is 2.46. The van der Waals surface area contributed by atoms with Gasteiger partial charge in [-0.1, -0.05) is 23.7 Å². The lowest BCUT2D eigenvalue weighted by Gasteiger charge is -2.43. The number of piperazine rings is 1. The number of alkyl halides is 2. The number of carbonyl (C=O) groups is 2. The number of fused-ring (bicyclic) bond motifs is 4. The number of piperidine rings is 2. The zero-order chi connectivity index (χ0) is 43.0. The summed E-state index contributed by atoms with van der Waals surface area (Å²) in [5.41, 5.74) is 3.86.